The summed E-state index contributed by atoms with van der Waals surface area (Å²) < 4.78 is 62.8. The molecule has 4 atom stereocenters. The van der Waals surface area contributed by atoms with Crippen molar-refractivity contribution in [2.75, 3.05) is 26.2 Å². The number of aromatic nitrogens is 2. The van der Waals surface area contributed by atoms with Gasteiger partial charge in [0.25, 0.3) is 0 Å². The molecule has 0 aliphatic rings. The van der Waals surface area contributed by atoms with E-state index in [1.807, 2.05) is 51.1 Å². The highest BCUT2D eigenvalue weighted by atomic mass is 19.4. The van der Waals surface area contributed by atoms with Crippen LogP contribution in [0.2, 0.25) is 0 Å². The lowest BCUT2D eigenvalue weighted by Gasteiger charge is -2.40. The summed E-state index contributed by atoms with van der Waals surface area (Å²) in [6.45, 7) is 8.05. The third-order valence-electron chi connectivity index (χ3n) is 9.80. The molecule has 0 fully saturated rings. The Morgan fingerprint density at radius 2 is 1.51 bits per heavy atom. The van der Waals surface area contributed by atoms with E-state index in [4.69, 9.17) is 26.4 Å². The van der Waals surface area contributed by atoms with Crippen LogP contribution in [0.5, 0.6) is 0 Å². The van der Waals surface area contributed by atoms with E-state index in [0.29, 0.717) is 5.82 Å². The van der Waals surface area contributed by atoms with Gasteiger partial charge in [0, 0.05) is 44.4 Å². The second-order valence-corrected chi connectivity index (χ2v) is 16.6. The minimum atomic E-state index is -5.08. The Labute approximate surface area is 382 Å². The monoisotopic (exact) mass is 955 g/mol. The molecule has 19 nitrogen and oxygen atoms in total. The number of hydrogen-bond donors (Lipinski definition) is 9. The Balaban J connectivity index is 0.00000203. The largest absolute Gasteiger partial charge is 0.490 e. The van der Waals surface area contributed by atoms with Gasteiger partial charge in [-0.25, -0.2) is 28.1 Å². The maximum atomic E-state index is 15.0. The van der Waals surface area contributed by atoms with Crippen molar-refractivity contribution in [3.63, 3.8) is 0 Å². The number of carboxylic acid groups (broad SMARTS) is 2. The molecule has 0 saturated carbocycles. The van der Waals surface area contributed by atoms with Crippen LogP contribution >= 0.6 is 0 Å². The van der Waals surface area contributed by atoms with Gasteiger partial charge in [-0.1, -0.05) is 65.0 Å². The quantitative estimate of drug-likeness (QED) is 0.0519. The van der Waals surface area contributed by atoms with E-state index >= 15 is 4.39 Å². The van der Waals surface area contributed by atoms with Gasteiger partial charge in [0.2, 0.25) is 23.6 Å². The van der Waals surface area contributed by atoms with Crippen LogP contribution in [0.4, 0.5) is 26.7 Å². The van der Waals surface area contributed by atoms with Crippen LogP contribution in [0.25, 0.3) is 11.3 Å². The molecular weight excluding hydrogens is 898 g/mol. The first-order valence-electron chi connectivity index (χ1n) is 20.8. The zero-order chi connectivity index (χ0) is 50.8. The van der Waals surface area contributed by atoms with Crippen molar-refractivity contribution in [3.8, 4) is 11.3 Å². The zero-order valence-electron chi connectivity index (χ0n) is 37.5. The van der Waals surface area contributed by atoms with Crippen LogP contribution < -0.4 is 32.7 Å². The Hall–Kier alpha value is -6.69. The predicted octanol–water partition coefficient (Wildman–Crippen LogP) is 2.80. The van der Waals surface area contributed by atoms with Crippen molar-refractivity contribution in [3.05, 3.63) is 77.8 Å². The molecule has 0 spiro atoms. The van der Waals surface area contributed by atoms with Gasteiger partial charge in [-0.15, -0.1) is 0 Å². The van der Waals surface area contributed by atoms with Gasteiger partial charge in [-0.2, -0.15) is 13.2 Å². The first kappa shape index (κ1) is 56.4. The molecule has 1 aromatic heterocycles. The van der Waals surface area contributed by atoms with Crippen LogP contribution in [0.15, 0.2) is 54.7 Å². The smallest absolute Gasteiger partial charge is 0.480 e. The molecule has 11 N–H and O–H groups in total. The summed E-state index contributed by atoms with van der Waals surface area (Å²) in [4.78, 5) is 90.0. The highest BCUT2D eigenvalue weighted by Gasteiger charge is 2.39. The molecule has 1 heterocycles. The molecule has 6 amide bonds. The molecule has 0 unspecified atom stereocenters. The SMILES string of the molecule is CC(C)[C@H](NC(=O)CCNC(=O)[C@@H](N)CCN(C(=O)CO)[C@@H](c1nc(-c2cc(F)ccc2F)cn1Cc1ccccc1)C(C)(C)C)C(=O)N[C@@H](CCCNC(N)=O)C(=O)O.O=C(O)C(F)(F)F. The molecule has 0 aliphatic carbocycles. The third-order valence-corrected chi connectivity index (χ3v) is 9.80. The summed E-state index contributed by atoms with van der Waals surface area (Å²) in [7, 11) is 0. The van der Waals surface area contributed by atoms with Crippen molar-refractivity contribution in [2.45, 2.75) is 97.2 Å². The number of carbonyl (C=O) groups excluding carboxylic acids is 5. The van der Waals surface area contributed by atoms with Gasteiger partial charge in [-0.05, 0) is 54.4 Å². The Bertz CT molecular complexity index is 2170. The maximum Gasteiger partial charge on any atom is 0.490 e. The number of rotatable bonds is 22. The second-order valence-electron chi connectivity index (χ2n) is 16.6. The molecule has 0 saturated heterocycles. The Morgan fingerprint density at radius 1 is 0.881 bits per heavy atom. The van der Waals surface area contributed by atoms with E-state index in [1.54, 1.807) is 24.6 Å². The van der Waals surface area contributed by atoms with Crippen LogP contribution in [-0.4, -0.2) is 122 Å². The van der Waals surface area contributed by atoms with Gasteiger partial charge in [0.15, 0.2) is 0 Å². The number of nitrogens with zero attached hydrogens (tertiary/aromatic N) is 3. The molecule has 0 bridgehead atoms. The van der Waals surface area contributed by atoms with Gasteiger partial charge < -0.3 is 57.5 Å². The van der Waals surface area contributed by atoms with Crippen LogP contribution in [-0.2, 0) is 35.3 Å². The lowest BCUT2D eigenvalue weighted by Crippen LogP contribution is -2.54. The highest BCUT2D eigenvalue weighted by Crippen LogP contribution is 2.39. The Kier molecular flexibility index (Phi) is 21.8. The number of benzene rings is 2. The first-order valence-corrected chi connectivity index (χ1v) is 20.8. The first-order chi connectivity index (χ1) is 31.2. The number of imidazole rings is 1. The predicted molar refractivity (Wildman–Crippen MR) is 231 cm³/mol. The van der Waals surface area contributed by atoms with E-state index in [-0.39, 0.29) is 63.1 Å². The zero-order valence-corrected chi connectivity index (χ0v) is 37.5. The number of aliphatic hydroxyl groups is 1. The van der Waals surface area contributed by atoms with Crippen molar-refractivity contribution < 1.29 is 70.8 Å². The van der Waals surface area contributed by atoms with Crippen LogP contribution in [0.1, 0.15) is 77.7 Å². The number of aliphatic carboxylic acids is 2. The number of aliphatic hydroxyl groups excluding tert-OH is 1. The van der Waals surface area contributed by atoms with E-state index < -0.39 is 102 Å². The van der Waals surface area contributed by atoms with Crippen molar-refractivity contribution in [2.24, 2.45) is 22.8 Å². The average molecular weight is 956 g/mol. The van der Waals surface area contributed by atoms with Gasteiger partial charge in [0.1, 0.15) is 36.1 Å². The number of nitrogens with two attached hydrogens (primary N) is 2. The molecule has 370 valence electrons. The number of halogens is 5. The second kappa shape index (κ2) is 25.9. The van der Waals surface area contributed by atoms with Crippen molar-refractivity contribution in [1.82, 2.24) is 35.7 Å². The standard InChI is InChI=1S/C41H57F2N9O8.C2HF3O2/c1-24(2)34(38(57)49-30(39(58)59)12-9-17-47-40(45)60)50-32(54)15-18-46-37(56)29(44)16-19-52(33(55)23-53)35(41(3,4)5)36-48-31(27-20-26(42)13-14-28(27)43)22-51(36)21-25-10-7-6-8-11-25;3-2(4,5)1(6)7/h6-8,10-11,13-14,20,22,24,29-30,34-35,53H,9,12,15-19,21,23,44H2,1-5H3,(H,46,56)(H,49,57)(H,50,54)(H,58,59)(H3,45,47,60);(H,6,7)/t29-,30-,34-,35-;/m0./s1. The van der Waals surface area contributed by atoms with Gasteiger partial charge >= 0.3 is 24.1 Å². The number of carboxylic acids is 2. The van der Waals surface area contributed by atoms with E-state index in [1.165, 1.54) is 4.90 Å². The molecule has 67 heavy (non-hydrogen) atoms. The van der Waals surface area contributed by atoms with Crippen LogP contribution in [0, 0.1) is 23.0 Å². The van der Waals surface area contributed by atoms with E-state index in [2.05, 4.69) is 21.3 Å². The number of alkyl halides is 3. The molecule has 2 aromatic carbocycles. The van der Waals surface area contributed by atoms with E-state index in [0.717, 1.165) is 23.8 Å². The minimum Gasteiger partial charge on any atom is -0.480 e. The molecular formula is C43H58F5N9O10. The molecule has 0 radical (unpaired) electrons. The number of nitrogens with one attached hydrogen (secondary N) is 4. The van der Waals surface area contributed by atoms with E-state index in [9.17, 15) is 56.5 Å². The number of primary amides is 1. The van der Waals surface area contributed by atoms with Gasteiger partial charge in [0.05, 0.1) is 17.8 Å². The number of hydrogen-bond acceptors (Lipinski definition) is 10. The summed E-state index contributed by atoms with van der Waals surface area (Å²) in [6, 6.07) is 7.15. The van der Waals surface area contributed by atoms with Crippen molar-refractivity contribution in [1.29, 1.82) is 0 Å². The van der Waals surface area contributed by atoms with Gasteiger partial charge in [-0.3, -0.25) is 19.2 Å². The van der Waals surface area contributed by atoms with Crippen LogP contribution in [0.3, 0.4) is 0 Å². The normalized spacial score (nSPS) is 13.2. The minimum absolute atomic E-state index is 0.00737. The maximum absolute atomic E-state index is 15.0. The van der Waals surface area contributed by atoms with Crippen molar-refractivity contribution >= 4 is 41.6 Å². The fourth-order valence-electron chi connectivity index (χ4n) is 6.52. The lowest BCUT2D eigenvalue weighted by molar-refractivity contribution is -0.192. The summed E-state index contributed by atoms with van der Waals surface area (Å²) in [5.74, 6) is -8.20. The number of amides is 6. The highest BCUT2D eigenvalue weighted by molar-refractivity contribution is 5.91. The average Bonchev–Trinajstić information content (AvgIpc) is 3.64. The summed E-state index contributed by atoms with van der Waals surface area (Å²) in [6.07, 6.45) is -3.63. The summed E-state index contributed by atoms with van der Waals surface area (Å²) >= 11 is 0. The molecule has 3 aromatic rings. The lowest BCUT2D eigenvalue weighted by atomic mass is 9.84. The molecule has 24 heteroatoms. The Morgan fingerprint density at radius 3 is 2.04 bits per heavy atom. The topological polar surface area (TPSA) is 301 Å². The number of carbonyl (C=O) groups is 7. The molecule has 3 rings (SSSR count). The fourth-order valence-corrected chi connectivity index (χ4v) is 6.52. The summed E-state index contributed by atoms with van der Waals surface area (Å²) in [5, 5.41) is 36.7. The number of urea groups is 1. The third kappa shape index (κ3) is 18.6. The molecule has 0 aliphatic heterocycles. The summed E-state index contributed by atoms with van der Waals surface area (Å²) in [5.41, 5.74) is 11.4. The fraction of sp³-hybridized carbons (Fsp3) is 0.488.